The van der Waals surface area contributed by atoms with Gasteiger partial charge in [-0.25, -0.2) is 13.1 Å². The third kappa shape index (κ3) is 3.88. The first-order valence-corrected chi connectivity index (χ1v) is 10.3. The van der Waals surface area contributed by atoms with Crippen LogP contribution in [0.2, 0.25) is 0 Å². The molecule has 0 radical (unpaired) electrons. The largest absolute Gasteiger partial charge is 0.323 e. The molecule has 1 amide bonds. The number of benzene rings is 2. The van der Waals surface area contributed by atoms with Gasteiger partial charge in [0.05, 0.1) is 4.90 Å². The molecule has 0 fully saturated rings. The van der Waals surface area contributed by atoms with Gasteiger partial charge in [-0.15, -0.1) is 0 Å². The highest BCUT2D eigenvalue weighted by molar-refractivity contribution is 7.89. The van der Waals surface area contributed by atoms with Gasteiger partial charge in [0.25, 0.3) is 5.91 Å². The Morgan fingerprint density at radius 1 is 1.15 bits per heavy atom. The molecule has 1 atom stereocenters. The van der Waals surface area contributed by atoms with E-state index in [-0.39, 0.29) is 16.5 Å². The summed E-state index contributed by atoms with van der Waals surface area (Å²) in [6.07, 6.45) is 1.42. The van der Waals surface area contributed by atoms with Gasteiger partial charge in [-0.3, -0.25) is 4.79 Å². The summed E-state index contributed by atoms with van der Waals surface area (Å²) in [5.74, 6) is -0.588. The minimum atomic E-state index is -3.76. The molecule has 0 aromatic heterocycles. The normalized spacial score (nSPS) is 16.8. The van der Waals surface area contributed by atoms with Crippen LogP contribution in [0, 0.1) is 0 Å². The molecule has 0 bridgehead atoms. The minimum absolute atomic E-state index is 0.0185. The van der Waals surface area contributed by atoms with Gasteiger partial charge in [-0.05, 0) is 43.5 Å². The van der Waals surface area contributed by atoms with Gasteiger partial charge in [0.2, 0.25) is 14.4 Å². The van der Waals surface area contributed by atoms with Crippen molar-refractivity contribution < 1.29 is 13.2 Å². The molecule has 1 unspecified atom stereocenters. The molecule has 0 saturated carbocycles. The van der Waals surface area contributed by atoms with E-state index in [1.165, 1.54) is 18.2 Å². The topological polar surface area (TPSA) is 75.3 Å². The fraction of sp³-hybridized carbons (Fsp3) is 0.278. The number of halogens is 2. The minimum Gasteiger partial charge on any atom is -0.323 e. The Bertz CT molecular complexity index is 931. The van der Waals surface area contributed by atoms with Crippen molar-refractivity contribution in [2.45, 2.75) is 35.0 Å². The summed E-state index contributed by atoms with van der Waals surface area (Å²) in [6, 6.07) is 13.8. The standard InChI is InChI=1S/C18H18Cl2N2O3S/c1-12(7-8-13-5-3-2-4-6-13)22-26(24,25)14-9-10-16-15(11-14)18(19,20)17(23)21-16/h2-6,9-12,22H,7-8H2,1H3,(H,21,23). The monoisotopic (exact) mass is 412 g/mol. The second kappa shape index (κ2) is 7.19. The average molecular weight is 413 g/mol. The molecule has 0 spiro atoms. The third-order valence-electron chi connectivity index (χ3n) is 4.24. The SMILES string of the molecule is CC(CCc1ccccc1)NS(=O)(=O)c1ccc2c(c1)C(Cl)(Cl)C(=O)N2. The second-order valence-corrected chi connectivity index (χ2v) is 9.32. The summed E-state index contributed by atoms with van der Waals surface area (Å²) in [4.78, 5) is 11.8. The molecule has 0 aliphatic carbocycles. The summed E-state index contributed by atoms with van der Waals surface area (Å²) in [5, 5.41) is 2.53. The number of anilines is 1. The zero-order valence-electron chi connectivity index (χ0n) is 14.0. The highest BCUT2D eigenvalue weighted by Crippen LogP contribution is 2.45. The van der Waals surface area contributed by atoms with Gasteiger partial charge in [0, 0.05) is 17.3 Å². The van der Waals surface area contributed by atoms with Gasteiger partial charge >= 0.3 is 0 Å². The lowest BCUT2D eigenvalue weighted by molar-refractivity contribution is -0.116. The van der Waals surface area contributed by atoms with Crippen molar-refractivity contribution in [2.75, 3.05) is 5.32 Å². The molecule has 1 aliphatic heterocycles. The van der Waals surface area contributed by atoms with Crippen LogP contribution in [0.5, 0.6) is 0 Å². The van der Waals surface area contributed by atoms with Crippen molar-refractivity contribution >= 4 is 44.8 Å². The Balaban J connectivity index is 1.73. The zero-order chi connectivity index (χ0) is 18.9. The van der Waals surface area contributed by atoms with Crippen LogP contribution >= 0.6 is 23.2 Å². The van der Waals surface area contributed by atoms with Crippen molar-refractivity contribution in [3.05, 3.63) is 59.7 Å². The second-order valence-electron chi connectivity index (χ2n) is 6.28. The molecule has 1 heterocycles. The first-order valence-electron chi connectivity index (χ1n) is 8.10. The van der Waals surface area contributed by atoms with E-state index in [9.17, 15) is 13.2 Å². The summed E-state index contributed by atoms with van der Waals surface area (Å²) >= 11 is 12.1. The van der Waals surface area contributed by atoms with E-state index in [2.05, 4.69) is 10.0 Å². The first-order chi connectivity index (χ1) is 12.2. The van der Waals surface area contributed by atoms with Crippen LogP contribution < -0.4 is 10.0 Å². The average Bonchev–Trinajstić information content (AvgIpc) is 2.82. The molecule has 0 saturated heterocycles. The number of alkyl halides is 2. The molecule has 2 aromatic carbocycles. The maximum absolute atomic E-state index is 12.6. The Morgan fingerprint density at radius 2 is 1.85 bits per heavy atom. The van der Waals surface area contributed by atoms with E-state index in [1.807, 2.05) is 37.3 Å². The van der Waals surface area contributed by atoms with Crippen molar-refractivity contribution in [3.63, 3.8) is 0 Å². The van der Waals surface area contributed by atoms with Crippen molar-refractivity contribution in [1.82, 2.24) is 4.72 Å². The number of hydrogen-bond donors (Lipinski definition) is 2. The van der Waals surface area contributed by atoms with E-state index in [0.29, 0.717) is 12.1 Å². The van der Waals surface area contributed by atoms with E-state index < -0.39 is 20.3 Å². The smallest absolute Gasteiger partial charge is 0.265 e. The molecule has 2 aromatic rings. The maximum Gasteiger partial charge on any atom is 0.265 e. The predicted molar refractivity (Wildman–Crippen MR) is 103 cm³/mol. The molecule has 5 nitrogen and oxygen atoms in total. The molecule has 2 N–H and O–H groups in total. The van der Waals surface area contributed by atoms with Crippen LogP contribution in [0.3, 0.4) is 0 Å². The summed E-state index contributed by atoms with van der Waals surface area (Å²) in [7, 11) is -3.76. The number of rotatable bonds is 6. The zero-order valence-corrected chi connectivity index (χ0v) is 16.3. The van der Waals surface area contributed by atoms with Crippen molar-refractivity contribution in [2.24, 2.45) is 0 Å². The number of carbonyl (C=O) groups is 1. The number of aryl methyl sites for hydroxylation is 1. The fourth-order valence-electron chi connectivity index (χ4n) is 2.80. The van der Waals surface area contributed by atoms with Gasteiger partial charge in [-0.1, -0.05) is 53.5 Å². The van der Waals surface area contributed by atoms with Gasteiger partial charge in [-0.2, -0.15) is 0 Å². The highest BCUT2D eigenvalue weighted by Gasteiger charge is 2.44. The van der Waals surface area contributed by atoms with Crippen LogP contribution in [-0.4, -0.2) is 20.4 Å². The Kier molecular flexibility index (Phi) is 5.30. The molecule has 8 heteroatoms. The molecular formula is C18H18Cl2N2O3S. The predicted octanol–water partition coefficient (Wildman–Crippen LogP) is 3.57. The number of hydrogen-bond acceptors (Lipinski definition) is 3. The molecule has 138 valence electrons. The van der Waals surface area contributed by atoms with E-state index in [1.54, 1.807) is 0 Å². The molecule has 3 rings (SSSR count). The van der Waals surface area contributed by atoms with Crippen LogP contribution in [0.1, 0.15) is 24.5 Å². The number of carbonyl (C=O) groups excluding carboxylic acids is 1. The van der Waals surface area contributed by atoms with E-state index >= 15 is 0 Å². The van der Waals surface area contributed by atoms with Gasteiger partial charge in [0.1, 0.15) is 0 Å². The van der Waals surface area contributed by atoms with Gasteiger partial charge in [0.15, 0.2) is 0 Å². The van der Waals surface area contributed by atoms with Crippen LogP contribution in [0.15, 0.2) is 53.4 Å². The lowest BCUT2D eigenvalue weighted by atomic mass is 10.1. The summed E-state index contributed by atoms with van der Waals surface area (Å²) in [5.41, 5.74) is 1.80. The third-order valence-corrected chi connectivity index (χ3v) is 6.58. The number of fused-ring (bicyclic) bond motifs is 1. The summed E-state index contributed by atoms with van der Waals surface area (Å²) < 4.78 is 26.1. The number of amides is 1. The van der Waals surface area contributed by atoms with Crippen molar-refractivity contribution in [3.8, 4) is 0 Å². The van der Waals surface area contributed by atoms with Crippen LogP contribution in [0.4, 0.5) is 5.69 Å². The van der Waals surface area contributed by atoms with Gasteiger partial charge < -0.3 is 5.32 Å². The Hall–Kier alpha value is -1.60. The Morgan fingerprint density at radius 3 is 2.54 bits per heavy atom. The number of nitrogens with one attached hydrogen (secondary N) is 2. The van der Waals surface area contributed by atoms with E-state index in [0.717, 1.165) is 12.0 Å². The lowest BCUT2D eigenvalue weighted by Crippen LogP contribution is -2.33. The van der Waals surface area contributed by atoms with Crippen molar-refractivity contribution in [1.29, 1.82) is 0 Å². The fourth-order valence-corrected chi connectivity index (χ4v) is 4.51. The molecular weight excluding hydrogens is 395 g/mol. The quantitative estimate of drug-likeness (QED) is 0.711. The maximum atomic E-state index is 12.6. The Labute approximate surface area is 162 Å². The van der Waals surface area contributed by atoms with E-state index in [4.69, 9.17) is 23.2 Å². The first kappa shape index (κ1) is 19.2. The number of sulfonamides is 1. The molecule has 26 heavy (non-hydrogen) atoms. The molecule has 1 aliphatic rings. The van der Waals surface area contributed by atoms with Crippen LogP contribution in [-0.2, 0) is 25.6 Å². The highest BCUT2D eigenvalue weighted by atomic mass is 35.5. The van der Waals surface area contributed by atoms with Crippen LogP contribution in [0.25, 0.3) is 0 Å². The summed E-state index contributed by atoms with van der Waals surface area (Å²) in [6.45, 7) is 1.81. The lowest BCUT2D eigenvalue weighted by Gasteiger charge is -2.16.